The molecule has 0 saturated carbocycles. The summed E-state index contributed by atoms with van der Waals surface area (Å²) in [5.74, 6) is 2.03. The fourth-order valence-electron chi connectivity index (χ4n) is 1.85. The Balaban J connectivity index is 2.12. The van der Waals surface area contributed by atoms with Gasteiger partial charge in [-0.15, -0.1) is 0 Å². The molecule has 0 radical (unpaired) electrons. The van der Waals surface area contributed by atoms with Crippen LogP contribution in [0.5, 0.6) is 0 Å². The third-order valence-electron chi connectivity index (χ3n) is 2.80. The largest absolute Gasteiger partial charge is 0.381 e. The van der Waals surface area contributed by atoms with Crippen molar-refractivity contribution in [3.05, 3.63) is 29.3 Å². The number of primary amides is 1. The highest BCUT2D eigenvalue weighted by Crippen LogP contribution is 2.23. The van der Waals surface area contributed by atoms with Gasteiger partial charge in [-0.1, -0.05) is 0 Å². The van der Waals surface area contributed by atoms with Gasteiger partial charge in [-0.2, -0.15) is 11.8 Å². The highest BCUT2D eigenvalue weighted by atomic mass is 32.2. The van der Waals surface area contributed by atoms with Gasteiger partial charge in [0.15, 0.2) is 0 Å². The van der Waals surface area contributed by atoms with Crippen molar-refractivity contribution in [2.24, 2.45) is 5.73 Å². The van der Waals surface area contributed by atoms with E-state index in [1.807, 2.05) is 30.8 Å². The first kappa shape index (κ1) is 11.3. The summed E-state index contributed by atoms with van der Waals surface area (Å²) in [6.07, 6.45) is 1.21. The fourth-order valence-corrected chi connectivity index (χ4v) is 3.00. The van der Waals surface area contributed by atoms with Crippen LogP contribution in [0.3, 0.4) is 0 Å². The standard InChI is InChI=1S/C12H16N2OS/c1-8-6-9(12(13)15)2-3-11(8)14-10-4-5-16-7-10/h2-3,6,10,14H,4-5,7H2,1H3,(H2,13,15). The molecule has 16 heavy (non-hydrogen) atoms. The summed E-state index contributed by atoms with van der Waals surface area (Å²) in [6, 6.07) is 6.12. The van der Waals surface area contributed by atoms with Gasteiger partial charge in [0.05, 0.1) is 0 Å². The lowest BCUT2D eigenvalue weighted by molar-refractivity contribution is 0.100. The Bertz CT molecular complexity index is 400. The van der Waals surface area contributed by atoms with Gasteiger partial charge < -0.3 is 11.1 Å². The van der Waals surface area contributed by atoms with Crippen molar-refractivity contribution in [2.45, 2.75) is 19.4 Å². The van der Waals surface area contributed by atoms with Crippen LogP contribution < -0.4 is 11.1 Å². The van der Waals surface area contributed by atoms with Crippen molar-refractivity contribution in [1.82, 2.24) is 0 Å². The van der Waals surface area contributed by atoms with E-state index in [4.69, 9.17) is 5.73 Å². The van der Waals surface area contributed by atoms with Crippen LogP contribution in [0.4, 0.5) is 5.69 Å². The maximum atomic E-state index is 11.0. The van der Waals surface area contributed by atoms with Gasteiger partial charge in [0.2, 0.25) is 5.91 Å². The van der Waals surface area contributed by atoms with Crippen LogP contribution in [-0.4, -0.2) is 23.5 Å². The summed E-state index contributed by atoms with van der Waals surface area (Å²) >= 11 is 1.98. The number of nitrogens with one attached hydrogen (secondary N) is 1. The van der Waals surface area contributed by atoms with Crippen molar-refractivity contribution in [2.75, 3.05) is 16.8 Å². The second-order valence-electron chi connectivity index (χ2n) is 4.10. The lowest BCUT2D eigenvalue weighted by Crippen LogP contribution is -2.19. The van der Waals surface area contributed by atoms with Gasteiger partial charge in [-0.3, -0.25) is 4.79 Å². The lowest BCUT2D eigenvalue weighted by Gasteiger charge is -2.15. The number of amides is 1. The van der Waals surface area contributed by atoms with Gasteiger partial charge in [0.25, 0.3) is 0 Å². The molecule has 1 saturated heterocycles. The molecule has 0 spiro atoms. The molecule has 1 aliphatic heterocycles. The van der Waals surface area contributed by atoms with Gasteiger partial charge in [-0.25, -0.2) is 0 Å². The average Bonchev–Trinajstić information content (AvgIpc) is 2.73. The molecule has 1 aromatic carbocycles. The molecule has 1 aliphatic rings. The molecule has 2 rings (SSSR count). The van der Waals surface area contributed by atoms with E-state index in [-0.39, 0.29) is 5.91 Å². The zero-order valence-corrected chi connectivity index (χ0v) is 10.1. The molecular formula is C12H16N2OS. The van der Waals surface area contributed by atoms with Crippen LogP contribution in [0.25, 0.3) is 0 Å². The second-order valence-corrected chi connectivity index (χ2v) is 5.25. The SMILES string of the molecule is Cc1cc(C(N)=O)ccc1NC1CCSC1. The molecule has 86 valence electrons. The van der Waals surface area contributed by atoms with E-state index in [0.29, 0.717) is 11.6 Å². The van der Waals surface area contributed by atoms with Crippen molar-refractivity contribution in [3.8, 4) is 0 Å². The first-order chi connectivity index (χ1) is 7.66. The first-order valence-corrected chi connectivity index (χ1v) is 6.57. The molecule has 0 bridgehead atoms. The van der Waals surface area contributed by atoms with Crippen LogP contribution in [0.2, 0.25) is 0 Å². The third-order valence-corrected chi connectivity index (χ3v) is 3.96. The number of carbonyl (C=O) groups is 1. The Morgan fingerprint density at radius 3 is 2.94 bits per heavy atom. The molecule has 1 amide bonds. The number of hydrogen-bond donors (Lipinski definition) is 2. The highest BCUT2D eigenvalue weighted by molar-refractivity contribution is 7.99. The van der Waals surface area contributed by atoms with Crippen LogP contribution in [-0.2, 0) is 0 Å². The molecule has 1 aromatic rings. The number of rotatable bonds is 3. The molecular weight excluding hydrogens is 220 g/mol. The first-order valence-electron chi connectivity index (χ1n) is 5.41. The molecule has 1 atom stereocenters. The Kier molecular flexibility index (Phi) is 3.39. The zero-order valence-electron chi connectivity index (χ0n) is 9.32. The predicted octanol–water partition coefficient (Wildman–Crippen LogP) is 2.01. The minimum atomic E-state index is -0.369. The van der Waals surface area contributed by atoms with Crippen LogP contribution in [0, 0.1) is 6.92 Å². The van der Waals surface area contributed by atoms with E-state index in [1.165, 1.54) is 12.2 Å². The number of carbonyl (C=O) groups excluding carboxylic acids is 1. The zero-order chi connectivity index (χ0) is 11.5. The lowest BCUT2D eigenvalue weighted by atomic mass is 10.1. The summed E-state index contributed by atoms with van der Waals surface area (Å²) in [4.78, 5) is 11.0. The summed E-state index contributed by atoms with van der Waals surface area (Å²) in [5, 5.41) is 3.50. The van der Waals surface area contributed by atoms with E-state index in [2.05, 4.69) is 5.32 Å². The Morgan fingerprint density at radius 2 is 2.38 bits per heavy atom. The smallest absolute Gasteiger partial charge is 0.248 e. The third kappa shape index (κ3) is 2.50. The van der Waals surface area contributed by atoms with Crippen molar-refractivity contribution < 1.29 is 4.79 Å². The Morgan fingerprint density at radius 1 is 1.56 bits per heavy atom. The molecule has 1 unspecified atom stereocenters. The number of thioether (sulfide) groups is 1. The van der Waals surface area contributed by atoms with E-state index in [0.717, 1.165) is 17.0 Å². The normalized spacial score (nSPS) is 19.7. The van der Waals surface area contributed by atoms with E-state index in [9.17, 15) is 4.79 Å². The number of benzene rings is 1. The number of nitrogens with two attached hydrogens (primary N) is 1. The second kappa shape index (κ2) is 4.78. The summed E-state index contributed by atoms with van der Waals surface area (Å²) < 4.78 is 0. The summed E-state index contributed by atoms with van der Waals surface area (Å²) in [7, 11) is 0. The predicted molar refractivity (Wildman–Crippen MR) is 69.0 cm³/mol. The molecule has 3 N–H and O–H groups in total. The number of anilines is 1. The maximum absolute atomic E-state index is 11.0. The Hall–Kier alpha value is -1.16. The molecule has 1 heterocycles. The number of hydrogen-bond acceptors (Lipinski definition) is 3. The van der Waals surface area contributed by atoms with E-state index >= 15 is 0 Å². The highest BCUT2D eigenvalue weighted by Gasteiger charge is 2.15. The molecule has 1 fully saturated rings. The molecule has 0 aliphatic carbocycles. The molecule has 0 aromatic heterocycles. The number of aryl methyl sites for hydroxylation is 1. The van der Waals surface area contributed by atoms with E-state index in [1.54, 1.807) is 6.07 Å². The molecule has 4 heteroatoms. The quantitative estimate of drug-likeness (QED) is 0.844. The van der Waals surface area contributed by atoms with Crippen LogP contribution in [0.15, 0.2) is 18.2 Å². The monoisotopic (exact) mass is 236 g/mol. The summed E-state index contributed by atoms with van der Waals surface area (Å²) in [5.41, 5.74) is 7.99. The van der Waals surface area contributed by atoms with E-state index < -0.39 is 0 Å². The minimum Gasteiger partial charge on any atom is -0.381 e. The van der Waals surface area contributed by atoms with Gasteiger partial charge >= 0.3 is 0 Å². The van der Waals surface area contributed by atoms with Gasteiger partial charge in [-0.05, 0) is 42.9 Å². The van der Waals surface area contributed by atoms with Crippen molar-refractivity contribution in [3.63, 3.8) is 0 Å². The Labute approximate surface area is 99.8 Å². The maximum Gasteiger partial charge on any atom is 0.248 e. The van der Waals surface area contributed by atoms with Crippen molar-refractivity contribution >= 4 is 23.4 Å². The summed E-state index contributed by atoms with van der Waals surface area (Å²) in [6.45, 7) is 2.00. The van der Waals surface area contributed by atoms with Crippen LogP contribution >= 0.6 is 11.8 Å². The van der Waals surface area contributed by atoms with Crippen LogP contribution in [0.1, 0.15) is 22.3 Å². The van der Waals surface area contributed by atoms with Gasteiger partial charge in [0, 0.05) is 23.0 Å². The fraction of sp³-hybridized carbons (Fsp3) is 0.417. The molecule has 3 nitrogen and oxygen atoms in total. The average molecular weight is 236 g/mol. The van der Waals surface area contributed by atoms with Crippen molar-refractivity contribution in [1.29, 1.82) is 0 Å². The van der Waals surface area contributed by atoms with Gasteiger partial charge in [0.1, 0.15) is 0 Å². The minimum absolute atomic E-state index is 0.369. The topological polar surface area (TPSA) is 55.1 Å².